The first-order valence-corrected chi connectivity index (χ1v) is 6.64. The smallest absolute Gasteiger partial charge is 0.329 e. The number of nitrogens with one attached hydrogen (secondary N) is 3. The lowest BCUT2D eigenvalue weighted by atomic mass is 10.2. The van der Waals surface area contributed by atoms with E-state index in [1.807, 2.05) is 30.3 Å². The summed E-state index contributed by atoms with van der Waals surface area (Å²) in [6, 6.07) is 8.72. The summed E-state index contributed by atoms with van der Waals surface area (Å²) in [5, 5.41) is 16.1. The number of carboxylic acid groups (broad SMARTS) is 1. The number of ether oxygens (including phenoxy) is 1. The van der Waals surface area contributed by atoms with E-state index in [2.05, 4.69) is 20.7 Å². The molecule has 0 spiro atoms. The molecule has 4 N–H and O–H groups in total. The SMILES string of the molecule is CC(Nc1ccccc1)C(=O)NCC(=O)NCOCC(=O)O. The van der Waals surface area contributed by atoms with Gasteiger partial charge >= 0.3 is 5.97 Å². The van der Waals surface area contributed by atoms with E-state index in [1.165, 1.54) is 0 Å². The third-order valence-corrected chi connectivity index (χ3v) is 2.57. The van der Waals surface area contributed by atoms with Gasteiger partial charge < -0.3 is 25.8 Å². The Labute approximate surface area is 127 Å². The topological polar surface area (TPSA) is 117 Å². The van der Waals surface area contributed by atoms with Crippen LogP contribution in [0.3, 0.4) is 0 Å². The molecule has 0 aromatic heterocycles. The van der Waals surface area contributed by atoms with Crippen LogP contribution in [0.15, 0.2) is 30.3 Å². The van der Waals surface area contributed by atoms with Crippen molar-refractivity contribution in [2.75, 3.05) is 25.2 Å². The molecule has 0 fully saturated rings. The quantitative estimate of drug-likeness (QED) is 0.370. The number of amides is 2. The molecule has 0 saturated carbocycles. The number of rotatable bonds is 9. The summed E-state index contributed by atoms with van der Waals surface area (Å²) in [7, 11) is 0. The van der Waals surface area contributed by atoms with Crippen LogP contribution < -0.4 is 16.0 Å². The lowest BCUT2D eigenvalue weighted by Gasteiger charge is -2.15. The molecule has 0 aliphatic carbocycles. The van der Waals surface area contributed by atoms with E-state index in [1.54, 1.807) is 6.92 Å². The van der Waals surface area contributed by atoms with Crippen molar-refractivity contribution in [3.05, 3.63) is 30.3 Å². The molecule has 1 aromatic rings. The molecular formula is C14H19N3O5. The van der Waals surface area contributed by atoms with Crippen molar-refractivity contribution in [2.45, 2.75) is 13.0 Å². The average molecular weight is 309 g/mol. The zero-order valence-electron chi connectivity index (χ0n) is 12.2. The third-order valence-electron chi connectivity index (χ3n) is 2.57. The Kier molecular flexibility index (Phi) is 7.41. The van der Waals surface area contributed by atoms with Crippen molar-refractivity contribution in [3.8, 4) is 0 Å². The molecule has 1 aromatic carbocycles. The maximum atomic E-state index is 11.8. The zero-order chi connectivity index (χ0) is 16.4. The van der Waals surface area contributed by atoms with E-state index < -0.39 is 24.5 Å². The summed E-state index contributed by atoms with van der Waals surface area (Å²) in [6.45, 7) is 0.746. The van der Waals surface area contributed by atoms with Gasteiger partial charge in [0.05, 0.1) is 6.54 Å². The second kappa shape index (κ2) is 9.35. The molecule has 8 nitrogen and oxygen atoms in total. The Bertz CT molecular complexity index is 506. The molecule has 1 rings (SSSR count). The number of carbonyl (C=O) groups is 3. The van der Waals surface area contributed by atoms with Crippen molar-refractivity contribution >= 4 is 23.5 Å². The zero-order valence-corrected chi connectivity index (χ0v) is 12.2. The molecule has 22 heavy (non-hydrogen) atoms. The van der Waals surface area contributed by atoms with E-state index >= 15 is 0 Å². The van der Waals surface area contributed by atoms with Crippen molar-refractivity contribution < 1.29 is 24.2 Å². The molecule has 0 saturated heterocycles. The first kappa shape index (κ1) is 17.4. The fraction of sp³-hybridized carbons (Fsp3) is 0.357. The molecule has 120 valence electrons. The molecule has 8 heteroatoms. The van der Waals surface area contributed by atoms with Crippen LogP contribution in [-0.2, 0) is 19.1 Å². The highest BCUT2D eigenvalue weighted by molar-refractivity contribution is 5.88. The second-order valence-corrected chi connectivity index (χ2v) is 4.44. The van der Waals surface area contributed by atoms with Gasteiger partial charge in [-0.25, -0.2) is 4.79 Å². The van der Waals surface area contributed by atoms with E-state index in [0.29, 0.717) is 0 Å². The monoisotopic (exact) mass is 309 g/mol. The van der Waals surface area contributed by atoms with Crippen molar-refractivity contribution in [1.82, 2.24) is 10.6 Å². The van der Waals surface area contributed by atoms with Gasteiger partial charge in [0.2, 0.25) is 11.8 Å². The normalized spacial score (nSPS) is 11.3. The Hall–Kier alpha value is -2.61. The summed E-state index contributed by atoms with van der Waals surface area (Å²) in [4.78, 5) is 33.4. The highest BCUT2D eigenvalue weighted by Gasteiger charge is 2.13. The van der Waals surface area contributed by atoms with Crippen molar-refractivity contribution in [1.29, 1.82) is 0 Å². The van der Waals surface area contributed by atoms with Crippen LogP contribution in [-0.4, -0.2) is 48.8 Å². The third kappa shape index (κ3) is 7.25. The molecule has 0 aliphatic rings. The van der Waals surface area contributed by atoms with E-state index in [4.69, 9.17) is 5.11 Å². The number of carbonyl (C=O) groups excluding carboxylic acids is 2. The van der Waals surface area contributed by atoms with Crippen LogP contribution in [0.1, 0.15) is 6.92 Å². The summed E-state index contributed by atoms with van der Waals surface area (Å²) < 4.78 is 4.64. The van der Waals surface area contributed by atoms with Gasteiger partial charge in [0.1, 0.15) is 19.4 Å². The predicted molar refractivity (Wildman–Crippen MR) is 79.1 cm³/mol. The minimum absolute atomic E-state index is 0.212. The van der Waals surface area contributed by atoms with Crippen molar-refractivity contribution in [3.63, 3.8) is 0 Å². The fourth-order valence-electron chi connectivity index (χ4n) is 1.50. The molecule has 0 aliphatic heterocycles. The number of para-hydroxylation sites is 1. The van der Waals surface area contributed by atoms with Crippen LogP contribution >= 0.6 is 0 Å². The van der Waals surface area contributed by atoms with E-state index in [0.717, 1.165) is 5.69 Å². The fourth-order valence-corrected chi connectivity index (χ4v) is 1.50. The highest BCUT2D eigenvalue weighted by atomic mass is 16.5. The molecule has 1 atom stereocenters. The minimum atomic E-state index is -1.12. The molecule has 0 bridgehead atoms. The van der Waals surface area contributed by atoms with Gasteiger partial charge in [0.15, 0.2) is 0 Å². The summed E-state index contributed by atoms with van der Waals surface area (Å²) in [5.41, 5.74) is 0.802. The van der Waals surface area contributed by atoms with Gasteiger partial charge in [0, 0.05) is 5.69 Å². The highest BCUT2D eigenvalue weighted by Crippen LogP contribution is 2.06. The summed E-state index contributed by atoms with van der Waals surface area (Å²) >= 11 is 0. The maximum absolute atomic E-state index is 11.8. The van der Waals surface area contributed by atoms with Crippen molar-refractivity contribution in [2.24, 2.45) is 0 Å². The van der Waals surface area contributed by atoms with Gasteiger partial charge in [0.25, 0.3) is 0 Å². The maximum Gasteiger partial charge on any atom is 0.329 e. The second-order valence-electron chi connectivity index (χ2n) is 4.44. The van der Waals surface area contributed by atoms with E-state index in [9.17, 15) is 14.4 Å². The van der Waals surface area contributed by atoms with Crippen LogP contribution in [0.4, 0.5) is 5.69 Å². The van der Waals surface area contributed by atoms with Gasteiger partial charge in [-0.05, 0) is 19.1 Å². The Morgan fingerprint density at radius 2 is 1.86 bits per heavy atom. The van der Waals surface area contributed by atoms with E-state index in [-0.39, 0.29) is 19.2 Å². The lowest BCUT2D eigenvalue weighted by Crippen LogP contribution is -2.43. The molecule has 0 heterocycles. The number of carboxylic acids is 1. The number of anilines is 1. The molecule has 2 amide bonds. The standard InChI is InChI=1S/C14H19N3O5/c1-10(17-11-5-3-2-4-6-11)14(21)15-7-12(18)16-9-22-8-13(19)20/h2-6,10,17H,7-9H2,1H3,(H,15,21)(H,16,18)(H,19,20). The summed E-state index contributed by atoms with van der Waals surface area (Å²) in [5.74, 6) is -1.92. The van der Waals surface area contributed by atoms with Gasteiger partial charge in [-0.1, -0.05) is 18.2 Å². The van der Waals surface area contributed by atoms with Crippen LogP contribution in [0.2, 0.25) is 0 Å². The molecule has 0 radical (unpaired) electrons. The largest absolute Gasteiger partial charge is 0.480 e. The predicted octanol–water partition coefficient (Wildman–Crippen LogP) is -0.222. The Morgan fingerprint density at radius 1 is 1.18 bits per heavy atom. The minimum Gasteiger partial charge on any atom is -0.480 e. The Morgan fingerprint density at radius 3 is 2.50 bits per heavy atom. The van der Waals surface area contributed by atoms with Gasteiger partial charge in [-0.15, -0.1) is 0 Å². The molecule has 1 unspecified atom stereocenters. The van der Waals surface area contributed by atoms with Crippen LogP contribution in [0.5, 0.6) is 0 Å². The van der Waals surface area contributed by atoms with Gasteiger partial charge in [-0.3, -0.25) is 9.59 Å². The van der Waals surface area contributed by atoms with Crippen LogP contribution in [0.25, 0.3) is 0 Å². The Balaban J connectivity index is 2.21. The first-order valence-electron chi connectivity index (χ1n) is 6.64. The number of hydrogen-bond donors (Lipinski definition) is 4. The van der Waals surface area contributed by atoms with Gasteiger partial charge in [-0.2, -0.15) is 0 Å². The average Bonchev–Trinajstić information content (AvgIpc) is 2.50. The van der Waals surface area contributed by atoms with Crippen LogP contribution in [0, 0.1) is 0 Å². The lowest BCUT2D eigenvalue weighted by molar-refractivity contribution is -0.143. The molecular weight excluding hydrogens is 290 g/mol. The summed E-state index contributed by atoms with van der Waals surface area (Å²) in [6.07, 6.45) is 0. The number of benzene rings is 1. The number of aliphatic carboxylic acids is 1. The first-order chi connectivity index (χ1) is 10.5. The number of hydrogen-bond acceptors (Lipinski definition) is 5.